The molecule has 4 N–H and O–H groups in total. The van der Waals surface area contributed by atoms with Crippen molar-refractivity contribution in [1.29, 1.82) is 5.41 Å². The lowest BCUT2D eigenvalue weighted by Crippen LogP contribution is -2.43. The van der Waals surface area contributed by atoms with E-state index in [1.165, 1.54) is 12.1 Å². The summed E-state index contributed by atoms with van der Waals surface area (Å²) in [6.07, 6.45) is -3.78. The Labute approximate surface area is 161 Å². The second-order valence-electron chi connectivity index (χ2n) is 7.98. The molecule has 6 nitrogen and oxygen atoms in total. The molecule has 0 radical (unpaired) electrons. The number of amides is 2. The van der Waals surface area contributed by atoms with Crippen molar-refractivity contribution in [1.82, 2.24) is 10.2 Å². The molecule has 1 aliphatic heterocycles. The summed E-state index contributed by atoms with van der Waals surface area (Å²) in [5.41, 5.74) is 3.57. The van der Waals surface area contributed by atoms with E-state index >= 15 is 0 Å². The largest absolute Gasteiger partial charge is 0.416 e. The number of hydrogen-bond donors (Lipinski definition) is 3. The minimum Gasteiger partial charge on any atom is -0.370 e. The molecule has 9 heteroatoms. The van der Waals surface area contributed by atoms with E-state index in [2.05, 4.69) is 0 Å². The number of nitrogens with one attached hydrogen (secondary N) is 2. The van der Waals surface area contributed by atoms with Crippen LogP contribution in [0.2, 0.25) is 0 Å². The predicted octanol–water partition coefficient (Wildman–Crippen LogP) is 3.08. The van der Waals surface area contributed by atoms with Gasteiger partial charge >= 0.3 is 6.18 Å². The number of rotatable bonds is 2. The fraction of sp³-hybridized carbons (Fsp3) is 0.526. The van der Waals surface area contributed by atoms with E-state index in [1.54, 1.807) is 4.90 Å². The average Bonchev–Trinajstić information content (AvgIpc) is 2.58. The van der Waals surface area contributed by atoms with Crippen LogP contribution in [0.5, 0.6) is 0 Å². The molecular weight excluding hydrogens is 373 g/mol. The zero-order valence-electron chi connectivity index (χ0n) is 16.1. The highest BCUT2D eigenvalue weighted by Gasteiger charge is 2.38. The zero-order valence-corrected chi connectivity index (χ0v) is 16.1. The molecule has 0 aromatic heterocycles. The van der Waals surface area contributed by atoms with Gasteiger partial charge in [-0.3, -0.25) is 20.3 Å². The van der Waals surface area contributed by atoms with E-state index in [-0.39, 0.29) is 23.0 Å². The SMILES string of the molecule is CC(C)(C)C(=O)N1CCC(c2ccc(C(=O)NC(=N)N)cc2C(F)(F)F)CC1. The second-order valence-corrected chi connectivity index (χ2v) is 7.98. The minimum absolute atomic E-state index is 0.0155. The van der Waals surface area contributed by atoms with Crippen LogP contribution in [-0.4, -0.2) is 35.8 Å². The molecule has 2 rings (SSSR count). The first-order chi connectivity index (χ1) is 12.8. The molecule has 0 spiro atoms. The van der Waals surface area contributed by atoms with Gasteiger partial charge in [-0.15, -0.1) is 0 Å². The Morgan fingerprint density at radius 2 is 1.75 bits per heavy atom. The summed E-state index contributed by atoms with van der Waals surface area (Å²) in [5, 5.41) is 9.02. The molecular formula is C19H25F3N4O2. The molecule has 1 heterocycles. The van der Waals surface area contributed by atoms with Gasteiger partial charge in [-0.05, 0) is 36.5 Å². The maximum atomic E-state index is 13.6. The minimum atomic E-state index is -4.62. The van der Waals surface area contributed by atoms with Crippen LogP contribution in [0.3, 0.4) is 0 Å². The van der Waals surface area contributed by atoms with Gasteiger partial charge in [-0.1, -0.05) is 26.8 Å². The number of hydrogen-bond acceptors (Lipinski definition) is 3. The average molecular weight is 398 g/mol. The number of carbonyl (C=O) groups is 2. The van der Waals surface area contributed by atoms with Gasteiger partial charge < -0.3 is 10.6 Å². The number of carbonyl (C=O) groups excluding carboxylic acids is 2. The van der Waals surface area contributed by atoms with Crippen molar-refractivity contribution >= 4 is 17.8 Å². The fourth-order valence-electron chi connectivity index (χ4n) is 3.36. The molecule has 0 saturated carbocycles. The highest BCUT2D eigenvalue weighted by atomic mass is 19.4. The van der Waals surface area contributed by atoms with Crippen LogP contribution in [0.1, 0.15) is 61.0 Å². The van der Waals surface area contributed by atoms with Crippen LogP contribution in [0.25, 0.3) is 0 Å². The molecule has 1 aromatic carbocycles. The Morgan fingerprint density at radius 1 is 1.18 bits per heavy atom. The summed E-state index contributed by atoms with van der Waals surface area (Å²) in [5.74, 6) is -1.88. The number of alkyl halides is 3. The number of likely N-dealkylation sites (tertiary alicyclic amines) is 1. The van der Waals surface area contributed by atoms with Crippen LogP contribution in [-0.2, 0) is 11.0 Å². The maximum Gasteiger partial charge on any atom is 0.416 e. The van der Waals surface area contributed by atoms with Gasteiger partial charge in [0.15, 0.2) is 5.96 Å². The quantitative estimate of drug-likeness (QED) is 0.527. The van der Waals surface area contributed by atoms with E-state index in [4.69, 9.17) is 11.1 Å². The Hall–Kier alpha value is -2.58. The Kier molecular flexibility index (Phi) is 6.06. The van der Waals surface area contributed by atoms with E-state index in [0.29, 0.717) is 25.9 Å². The van der Waals surface area contributed by atoms with Gasteiger partial charge in [-0.25, -0.2) is 0 Å². The van der Waals surface area contributed by atoms with Gasteiger partial charge in [0.2, 0.25) is 5.91 Å². The van der Waals surface area contributed by atoms with E-state index in [9.17, 15) is 22.8 Å². The standard InChI is InChI=1S/C19H25F3N4O2/c1-18(2,3)16(28)26-8-6-11(7-9-26)13-5-4-12(15(27)25-17(23)24)10-14(13)19(20,21)22/h4-5,10-11H,6-9H2,1-3H3,(H4,23,24,25,27). The first kappa shape index (κ1) is 21.7. The van der Waals surface area contributed by atoms with Gasteiger partial charge in [0, 0.05) is 24.1 Å². The lowest BCUT2D eigenvalue weighted by atomic mass is 9.84. The number of benzene rings is 1. The highest BCUT2D eigenvalue weighted by Crippen LogP contribution is 2.39. The van der Waals surface area contributed by atoms with Crippen LogP contribution < -0.4 is 11.1 Å². The molecule has 2 amide bonds. The van der Waals surface area contributed by atoms with Crippen LogP contribution in [0, 0.1) is 10.8 Å². The number of piperidine rings is 1. The van der Waals surface area contributed by atoms with Crippen molar-refractivity contribution < 1.29 is 22.8 Å². The lowest BCUT2D eigenvalue weighted by molar-refractivity contribution is -0.141. The predicted molar refractivity (Wildman–Crippen MR) is 98.8 cm³/mol. The molecule has 0 atom stereocenters. The molecule has 0 bridgehead atoms. The van der Waals surface area contributed by atoms with Crippen molar-refractivity contribution in [2.75, 3.05) is 13.1 Å². The summed E-state index contributed by atoms with van der Waals surface area (Å²) < 4.78 is 40.8. The molecule has 1 saturated heterocycles. The Bertz CT molecular complexity index is 776. The van der Waals surface area contributed by atoms with Crippen molar-refractivity contribution in [2.24, 2.45) is 11.1 Å². The molecule has 0 unspecified atom stereocenters. The molecule has 1 fully saturated rings. The normalized spacial score (nSPS) is 16.0. The summed E-state index contributed by atoms with van der Waals surface area (Å²) in [4.78, 5) is 26.0. The molecule has 154 valence electrons. The van der Waals surface area contributed by atoms with Gasteiger partial charge in [0.05, 0.1) is 5.56 Å². The van der Waals surface area contributed by atoms with Crippen molar-refractivity contribution in [3.8, 4) is 0 Å². The van der Waals surface area contributed by atoms with Gasteiger partial charge in [0.1, 0.15) is 0 Å². The smallest absolute Gasteiger partial charge is 0.370 e. The highest BCUT2D eigenvalue weighted by molar-refractivity contribution is 6.04. The third kappa shape index (κ3) is 5.02. The second kappa shape index (κ2) is 7.81. The van der Waals surface area contributed by atoms with Crippen molar-refractivity contribution in [3.63, 3.8) is 0 Å². The first-order valence-corrected chi connectivity index (χ1v) is 8.96. The number of guanidine groups is 1. The monoisotopic (exact) mass is 398 g/mol. The van der Waals surface area contributed by atoms with Crippen LogP contribution >= 0.6 is 0 Å². The number of nitrogens with zero attached hydrogens (tertiary/aromatic N) is 1. The summed E-state index contributed by atoms with van der Waals surface area (Å²) >= 11 is 0. The molecule has 0 aliphatic carbocycles. The summed E-state index contributed by atoms with van der Waals surface area (Å²) in [7, 11) is 0. The number of nitrogens with two attached hydrogens (primary N) is 1. The number of halogens is 3. The third-order valence-corrected chi connectivity index (χ3v) is 4.73. The van der Waals surface area contributed by atoms with E-state index in [1.807, 2.05) is 26.1 Å². The lowest BCUT2D eigenvalue weighted by Gasteiger charge is -2.36. The summed E-state index contributed by atoms with van der Waals surface area (Å²) in [6.45, 7) is 6.23. The molecule has 28 heavy (non-hydrogen) atoms. The van der Waals surface area contributed by atoms with Crippen LogP contribution in [0.4, 0.5) is 13.2 Å². The Morgan fingerprint density at radius 3 is 2.21 bits per heavy atom. The van der Waals surface area contributed by atoms with E-state index < -0.39 is 29.0 Å². The zero-order chi connectivity index (χ0) is 21.3. The van der Waals surface area contributed by atoms with Crippen LogP contribution in [0.15, 0.2) is 18.2 Å². The van der Waals surface area contributed by atoms with Gasteiger partial charge in [0.25, 0.3) is 5.91 Å². The maximum absolute atomic E-state index is 13.6. The van der Waals surface area contributed by atoms with E-state index in [0.717, 1.165) is 6.07 Å². The first-order valence-electron chi connectivity index (χ1n) is 8.96. The van der Waals surface area contributed by atoms with Crippen molar-refractivity contribution in [2.45, 2.75) is 45.7 Å². The fourth-order valence-corrected chi connectivity index (χ4v) is 3.36. The molecule has 1 aromatic rings. The summed E-state index contributed by atoms with van der Waals surface area (Å²) in [6, 6.07) is 3.40. The third-order valence-electron chi connectivity index (χ3n) is 4.73. The van der Waals surface area contributed by atoms with Gasteiger partial charge in [-0.2, -0.15) is 13.2 Å². The Balaban J connectivity index is 2.25. The molecule has 1 aliphatic rings. The van der Waals surface area contributed by atoms with Crippen molar-refractivity contribution in [3.05, 3.63) is 34.9 Å². The topological polar surface area (TPSA) is 99.3 Å².